The molecule has 0 radical (unpaired) electrons. The number of nitrogens with one attached hydrogen (secondary N) is 1. The van der Waals surface area contributed by atoms with Crippen LogP contribution in [0.4, 0.5) is 0 Å². The third-order valence-corrected chi connectivity index (χ3v) is 2.98. The molecule has 0 aliphatic carbocycles. The smallest absolute Gasteiger partial charge is 0.223 e. The lowest BCUT2D eigenvalue weighted by atomic mass is 10.1. The van der Waals surface area contributed by atoms with Crippen molar-refractivity contribution < 1.29 is 4.74 Å². The number of pyridine rings is 2. The van der Waals surface area contributed by atoms with Gasteiger partial charge in [0, 0.05) is 34.5 Å². The summed E-state index contributed by atoms with van der Waals surface area (Å²) in [6.45, 7) is 7.06. The lowest BCUT2D eigenvalue weighted by Crippen LogP contribution is -2.35. The third kappa shape index (κ3) is 4.58. The topological polar surface area (TPSA) is 47.0 Å². The number of aromatic nitrogens is 2. The molecular formula is C15H18BrN3O. The van der Waals surface area contributed by atoms with Crippen molar-refractivity contribution in [3.63, 3.8) is 0 Å². The highest BCUT2D eigenvalue weighted by atomic mass is 79.9. The zero-order valence-electron chi connectivity index (χ0n) is 11.9. The first-order valence-corrected chi connectivity index (χ1v) is 7.21. The van der Waals surface area contributed by atoms with Gasteiger partial charge in [-0.3, -0.25) is 4.98 Å². The molecule has 0 spiro atoms. The van der Waals surface area contributed by atoms with Crippen LogP contribution < -0.4 is 10.1 Å². The highest BCUT2D eigenvalue weighted by Crippen LogP contribution is 2.25. The van der Waals surface area contributed by atoms with Gasteiger partial charge in [-0.05, 0) is 54.9 Å². The van der Waals surface area contributed by atoms with E-state index in [0.717, 1.165) is 10.0 Å². The molecule has 0 saturated carbocycles. The molecule has 2 aromatic heterocycles. The van der Waals surface area contributed by atoms with Gasteiger partial charge in [0.1, 0.15) is 5.75 Å². The van der Waals surface area contributed by atoms with E-state index >= 15 is 0 Å². The molecule has 106 valence electrons. The molecule has 0 saturated heterocycles. The largest absolute Gasteiger partial charge is 0.437 e. The number of hydrogen-bond acceptors (Lipinski definition) is 4. The molecule has 0 aliphatic rings. The van der Waals surface area contributed by atoms with Crippen molar-refractivity contribution in [2.75, 3.05) is 0 Å². The summed E-state index contributed by atoms with van der Waals surface area (Å²) < 4.78 is 6.73. The van der Waals surface area contributed by atoms with E-state index < -0.39 is 0 Å². The molecule has 5 heteroatoms. The van der Waals surface area contributed by atoms with Gasteiger partial charge in [-0.2, -0.15) is 0 Å². The minimum absolute atomic E-state index is 0.0356. The zero-order valence-corrected chi connectivity index (χ0v) is 13.4. The summed E-state index contributed by atoms with van der Waals surface area (Å²) in [6, 6.07) is 5.70. The van der Waals surface area contributed by atoms with E-state index in [1.54, 1.807) is 18.6 Å². The van der Waals surface area contributed by atoms with E-state index in [1.165, 1.54) is 0 Å². The van der Waals surface area contributed by atoms with Crippen LogP contribution >= 0.6 is 15.9 Å². The fourth-order valence-electron chi connectivity index (χ4n) is 1.57. The Kier molecular flexibility index (Phi) is 4.73. The highest BCUT2D eigenvalue weighted by molar-refractivity contribution is 9.10. The third-order valence-electron chi connectivity index (χ3n) is 2.55. The van der Waals surface area contributed by atoms with E-state index in [1.807, 2.05) is 18.2 Å². The Bertz CT molecular complexity index is 567. The maximum Gasteiger partial charge on any atom is 0.223 e. The van der Waals surface area contributed by atoms with E-state index in [0.29, 0.717) is 18.2 Å². The van der Waals surface area contributed by atoms with Gasteiger partial charge in [0.15, 0.2) is 0 Å². The van der Waals surface area contributed by atoms with E-state index in [9.17, 15) is 0 Å². The summed E-state index contributed by atoms with van der Waals surface area (Å²) in [4.78, 5) is 8.37. The Morgan fingerprint density at radius 2 is 2.10 bits per heavy atom. The van der Waals surface area contributed by atoms with Crippen LogP contribution in [0.15, 0.2) is 41.3 Å². The monoisotopic (exact) mass is 335 g/mol. The second-order valence-corrected chi connectivity index (χ2v) is 6.43. The van der Waals surface area contributed by atoms with Crippen LogP contribution in [-0.4, -0.2) is 15.5 Å². The molecular weight excluding hydrogens is 318 g/mol. The molecule has 0 fully saturated rings. The van der Waals surface area contributed by atoms with Crippen molar-refractivity contribution in [3.8, 4) is 11.6 Å². The van der Waals surface area contributed by atoms with E-state index in [4.69, 9.17) is 4.74 Å². The molecule has 1 N–H and O–H groups in total. The quantitative estimate of drug-likeness (QED) is 0.919. The molecule has 0 unspecified atom stereocenters. The summed E-state index contributed by atoms with van der Waals surface area (Å²) in [7, 11) is 0. The molecule has 20 heavy (non-hydrogen) atoms. The Hall–Kier alpha value is -1.46. The van der Waals surface area contributed by atoms with Crippen LogP contribution in [0.5, 0.6) is 11.6 Å². The maximum absolute atomic E-state index is 5.80. The second-order valence-electron chi connectivity index (χ2n) is 5.51. The molecule has 2 rings (SSSR count). The predicted octanol–water partition coefficient (Wildman–Crippen LogP) is 3.92. The minimum Gasteiger partial charge on any atom is -0.437 e. The summed E-state index contributed by atoms with van der Waals surface area (Å²) in [5.41, 5.74) is 1.03. The van der Waals surface area contributed by atoms with E-state index in [-0.39, 0.29) is 5.54 Å². The molecule has 2 aromatic rings. The molecule has 0 atom stereocenters. The predicted molar refractivity (Wildman–Crippen MR) is 82.8 cm³/mol. The number of nitrogens with zero attached hydrogens (tertiary/aromatic N) is 2. The molecule has 2 heterocycles. The van der Waals surface area contributed by atoms with Crippen molar-refractivity contribution in [2.24, 2.45) is 0 Å². The van der Waals surface area contributed by atoms with Gasteiger partial charge in [-0.1, -0.05) is 0 Å². The van der Waals surface area contributed by atoms with Gasteiger partial charge in [-0.15, -0.1) is 0 Å². The van der Waals surface area contributed by atoms with Crippen LogP contribution in [0.2, 0.25) is 0 Å². The Morgan fingerprint density at radius 1 is 1.30 bits per heavy atom. The molecule has 4 nitrogen and oxygen atoms in total. The highest BCUT2D eigenvalue weighted by Gasteiger charge is 2.13. The first-order chi connectivity index (χ1) is 9.44. The van der Waals surface area contributed by atoms with Gasteiger partial charge in [-0.25, -0.2) is 4.98 Å². The summed E-state index contributed by atoms with van der Waals surface area (Å²) in [5.74, 6) is 1.28. The molecule has 0 amide bonds. The Morgan fingerprint density at radius 3 is 2.75 bits per heavy atom. The van der Waals surface area contributed by atoms with Crippen LogP contribution in [-0.2, 0) is 6.54 Å². The molecule has 0 aliphatic heterocycles. The van der Waals surface area contributed by atoms with Gasteiger partial charge in [0.25, 0.3) is 0 Å². The molecule has 0 bridgehead atoms. The van der Waals surface area contributed by atoms with Crippen molar-refractivity contribution >= 4 is 15.9 Å². The number of rotatable bonds is 4. The summed E-state index contributed by atoms with van der Waals surface area (Å²) >= 11 is 3.44. The zero-order chi connectivity index (χ0) is 14.6. The van der Waals surface area contributed by atoms with Crippen LogP contribution in [0.1, 0.15) is 26.3 Å². The van der Waals surface area contributed by atoms with Gasteiger partial charge >= 0.3 is 0 Å². The number of halogens is 1. The lowest BCUT2D eigenvalue weighted by Gasteiger charge is -2.21. The standard InChI is InChI=1S/C15H18BrN3O/c1-15(2,3)19-8-11-7-12(16)9-18-14(11)20-13-5-4-6-17-10-13/h4-7,9-10,19H,8H2,1-3H3. The molecule has 0 aromatic carbocycles. The number of hydrogen-bond donors (Lipinski definition) is 1. The maximum atomic E-state index is 5.80. The summed E-state index contributed by atoms with van der Waals surface area (Å²) in [5, 5.41) is 3.44. The van der Waals surface area contributed by atoms with Crippen LogP contribution in [0, 0.1) is 0 Å². The van der Waals surface area contributed by atoms with Crippen LogP contribution in [0.3, 0.4) is 0 Å². The SMILES string of the molecule is CC(C)(C)NCc1cc(Br)cnc1Oc1cccnc1. The number of ether oxygens (including phenoxy) is 1. The van der Waals surface area contributed by atoms with Gasteiger partial charge in [0.2, 0.25) is 5.88 Å². The first-order valence-electron chi connectivity index (χ1n) is 6.41. The van der Waals surface area contributed by atoms with E-state index in [2.05, 4.69) is 52.0 Å². The Labute approximate surface area is 127 Å². The van der Waals surface area contributed by atoms with Crippen LogP contribution in [0.25, 0.3) is 0 Å². The second kappa shape index (κ2) is 6.33. The fraction of sp³-hybridized carbons (Fsp3) is 0.333. The first kappa shape index (κ1) is 14.9. The average molecular weight is 336 g/mol. The minimum atomic E-state index is 0.0356. The Balaban J connectivity index is 2.19. The van der Waals surface area contributed by atoms with Crippen molar-refractivity contribution in [1.82, 2.24) is 15.3 Å². The van der Waals surface area contributed by atoms with Crippen molar-refractivity contribution in [2.45, 2.75) is 32.9 Å². The summed E-state index contributed by atoms with van der Waals surface area (Å²) in [6.07, 6.45) is 5.11. The normalized spacial score (nSPS) is 11.4. The van der Waals surface area contributed by atoms with Gasteiger partial charge < -0.3 is 10.1 Å². The van der Waals surface area contributed by atoms with Crippen molar-refractivity contribution in [3.05, 3.63) is 46.8 Å². The average Bonchev–Trinajstić information content (AvgIpc) is 2.39. The fourth-order valence-corrected chi connectivity index (χ4v) is 1.95. The van der Waals surface area contributed by atoms with Crippen molar-refractivity contribution in [1.29, 1.82) is 0 Å². The lowest BCUT2D eigenvalue weighted by molar-refractivity contribution is 0.409. The van der Waals surface area contributed by atoms with Gasteiger partial charge in [0.05, 0.1) is 6.20 Å².